The molecule has 2 nitrogen and oxygen atoms in total. The van der Waals surface area contributed by atoms with Crippen LogP contribution >= 0.6 is 11.8 Å². The first-order valence-corrected chi connectivity index (χ1v) is 6.59. The van der Waals surface area contributed by atoms with E-state index < -0.39 is 0 Å². The second-order valence-electron chi connectivity index (χ2n) is 4.50. The lowest BCUT2D eigenvalue weighted by molar-refractivity contribution is 0.411. The molecule has 0 spiro atoms. The van der Waals surface area contributed by atoms with E-state index >= 15 is 0 Å². The maximum Gasteiger partial charge on any atom is 0.122 e. The third-order valence-corrected chi connectivity index (χ3v) is 4.28. The highest BCUT2D eigenvalue weighted by Gasteiger charge is 2.16. The predicted molar refractivity (Wildman–Crippen MR) is 72.6 cm³/mol. The summed E-state index contributed by atoms with van der Waals surface area (Å²) in [5.41, 5.74) is 2.28. The highest BCUT2D eigenvalue weighted by atomic mass is 32.2. The van der Waals surface area contributed by atoms with Crippen LogP contribution in [0.1, 0.15) is 25.0 Å². The minimum absolute atomic E-state index is 0.00138. The Kier molecular flexibility index (Phi) is 4.89. The molecule has 0 saturated heterocycles. The van der Waals surface area contributed by atoms with Crippen LogP contribution < -0.4 is 4.74 Å². The molecule has 0 aliphatic rings. The molecule has 0 N–H and O–H groups in total. The largest absolute Gasteiger partial charge is 0.496 e. The van der Waals surface area contributed by atoms with Crippen molar-refractivity contribution in [3.05, 3.63) is 23.3 Å². The molecule has 0 aliphatic carbocycles. The summed E-state index contributed by atoms with van der Waals surface area (Å²) in [5.74, 6) is 1.26. The quantitative estimate of drug-likeness (QED) is 0.757. The van der Waals surface area contributed by atoms with Crippen molar-refractivity contribution in [1.82, 2.24) is 0 Å². The Hall–Kier alpha value is -1.14. The minimum atomic E-state index is 0.00138. The maximum atomic E-state index is 9.12. The van der Waals surface area contributed by atoms with Crippen molar-refractivity contribution in [3.63, 3.8) is 0 Å². The lowest BCUT2D eigenvalue weighted by Gasteiger charge is -2.16. The molecule has 0 heterocycles. The number of benzene rings is 1. The molecule has 1 atom stereocenters. The molecule has 0 saturated carbocycles. The molecular formula is C14H19NOS. The molecule has 1 rings (SSSR count). The molecule has 0 radical (unpaired) electrons. The van der Waals surface area contributed by atoms with Gasteiger partial charge in [-0.3, -0.25) is 0 Å². The number of nitriles is 1. The summed E-state index contributed by atoms with van der Waals surface area (Å²) in [6.07, 6.45) is 0. The Morgan fingerprint density at radius 2 is 1.88 bits per heavy atom. The Balaban J connectivity index is 3.00. The number of nitrogens with zero attached hydrogens (tertiary/aromatic N) is 1. The van der Waals surface area contributed by atoms with Gasteiger partial charge in [0.2, 0.25) is 0 Å². The van der Waals surface area contributed by atoms with Gasteiger partial charge in [-0.1, -0.05) is 13.8 Å². The number of hydrogen-bond acceptors (Lipinski definition) is 3. The van der Waals surface area contributed by atoms with Gasteiger partial charge in [-0.2, -0.15) is 5.26 Å². The molecule has 0 amide bonds. The summed E-state index contributed by atoms with van der Waals surface area (Å²) in [6.45, 7) is 8.23. The SMILES string of the molecule is COc1cc(C)c(SC(C#N)C(C)C)cc1C. The fourth-order valence-corrected chi connectivity index (χ4v) is 2.65. The standard InChI is InChI=1S/C14H19NOS/c1-9(2)14(8-15)17-13-7-10(3)12(16-5)6-11(13)4/h6-7,9,14H,1-5H3. The van der Waals surface area contributed by atoms with E-state index in [4.69, 9.17) is 10.00 Å². The molecular weight excluding hydrogens is 230 g/mol. The monoisotopic (exact) mass is 249 g/mol. The van der Waals surface area contributed by atoms with Crippen molar-refractivity contribution in [3.8, 4) is 11.8 Å². The number of hydrogen-bond donors (Lipinski definition) is 0. The molecule has 0 fully saturated rings. The smallest absolute Gasteiger partial charge is 0.122 e. The average molecular weight is 249 g/mol. The highest BCUT2D eigenvalue weighted by molar-refractivity contribution is 8.00. The zero-order valence-corrected chi connectivity index (χ0v) is 11.9. The van der Waals surface area contributed by atoms with Crippen molar-refractivity contribution >= 4 is 11.8 Å². The first-order chi connectivity index (χ1) is 7.99. The van der Waals surface area contributed by atoms with Crippen LogP contribution in [0.25, 0.3) is 0 Å². The van der Waals surface area contributed by atoms with E-state index in [1.165, 1.54) is 10.5 Å². The molecule has 92 valence electrons. The molecule has 0 aromatic heterocycles. The molecule has 0 bridgehead atoms. The van der Waals surface area contributed by atoms with Gasteiger partial charge in [-0.05, 0) is 43.0 Å². The second-order valence-corrected chi connectivity index (χ2v) is 5.68. The van der Waals surface area contributed by atoms with Crippen LogP contribution in [0.4, 0.5) is 0 Å². The number of ether oxygens (including phenoxy) is 1. The van der Waals surface area contributed by atoms with Crippen LogP contribution in [0.5, 0.6) is 5.75 Å². The van der Waals surface area contributed by atoms with Gasteiger partial charge in [-0.25, -0.2) is 0 Å². The molecule has 1 aromatic carbocycles. The van der Waals surface area contributed by atoms with E-state index in [0.717, 1.165) is 11.3 Å². The molecule has 1 aromatic rings. The van der Waals surface area contributed by atoms with Crippen LogP contribution in [0.2, 0.25) is 0 Å². The van der Waals surface area contributed by atoms with E-state index in [0.29, 0.717) is 5.92 Å². The normalized spacial score (nSPS) is 12.3. The van der Waals surface area contributed by atoms with Gasteiger partial charge in [0.25, 0.3) is 0 Å². The summed E-state index contributed by atoms with van der Waals surface area (Å²) in [4.78, 5) is 1.17. The molecule has 1 unspecified atom stereocenters. The average Bonchev–Trinajstić information content (AvgIpc) is 2.29. The van der Waals surface area contributed by atoms with Gasteiger partial charge in [-0.15, -0.1) is 11.8 Å². The van der Waals surface area contributed by atoms with Crippen molar-refractivity contribution in [2.24, 2.45) is 5.92 Å². The summed E-state index contributed by atoms with van der Waals surface area (Å²) < 4.78 is 5.29. The van der Waals surface area contributed by atoms with Gasteiger partial charge in [0.05, 0.1) is 18.4 Å². The zero-order chi connectivity index (χ0) is 13.0. The summed E-state index contributed by atoms with van der Waals surface area (Å²) in [6, 6.07) is 6.49. The lowest BCUT2D eigenvalue weighted by Crippen LogP contribution is -2.08. The van der Waals surface area contributed by atoms with Crippen LogP contribution in [-0.2, 0) is 0 Å². The first kappa shape index (κ1) is 13.9. The van der Waals surface area contributed by atoms with E-state index in [2.05, 4.69) is 32.9 Å². The van der Waals surface area contributed by atoms with Gasteiger partial charge in [0.1, 0.15) is 5.75 Å². The first-order valence-electron chi connectivity index (χ1n) is 5.71. The van der Waals surface area contributed by atoms with Gasteiger partial charge in [0, 0.05) is 4.90 Å². The van der Waals surface area contributed by atoms with Crippen LogP contribution in [0.15, 0.2) is 17.0 Å². The Labute approximate surface area is 108 Å². The predicted octanol–water partition coefficient (Wildman–Crippen LogP) is 3.95. The summed E-state index contributed by atoms with van der Waals surface area (Å²) in [5, 5.41) is 9.12. The summed E-state index contributed by atoms with van der Waals surface area (Å²) in [7, 11) is 1.68. The fraction of sp³-hybridized carbons (Fsp3) is 0.500. The van der Waals surface area contributed by atoms with Crippen molar-refractivity contribution in [2.45, 2.75) is 37.8 Å². The van der Waals surface area contributed by atoms with E-state index in [1.54, 1.807) is 18.9 Å². The zero-order valence-electron chi connectivity index (χ0n) is 11.1. The van der Waals surface area contributed by atoms with Crippen LogP contribution in [-0.4, -0.2) is 12.4 Å². The number of aryl methyl sites for hydroxylation is 2. The maximum absolute atomic E-state index is 9.12. The number of rotatable bonds is 4. The minimum Gasteiger partial charge on any atom is -0.496 e. The van der Waals surface area contributed by atoms with Gasteiger partial charge in [0.15, 0.2) is 0 Å². The summed E-state index contributed by atoms with van der Waals surface area (Å²) >= 11 is 1.64. The van der Waals surface area contributed by atoms with E-state index in [1.807, 2.05) is 13.0 Å². The third kappa shape index (κ3) is 3.41. The van der Waals surface area contributed by atoms with Crippen LogP contribution in [0.3, 0.4) is 0 Å². The van der Waals surface area contributed by atoms with Crippen molar-refractivity contribution < 1.29 is 4.74 Å². The van der Waals surface area contributed by atoms with E-state index in [-0.39, 0.29) is 5.25 Å². The van der Waals surface area contributed by atoms with E-state index in [9.17, 15) is 0 Å². The Morgan fingerprint density at radius 3 is 2.35 bits per heavy atom. The topological polar surface area (TPSA) is 33.0 Å². The second kappa shape index (κ2) is 5.97. The lowest BCUT2D eigenvalue weighted by atomic mass is 10.1. The number of thioether (sulfide) groups is 1. The molecule has 17 heavy (non-hydrogen) atoms. The van der Waals surface area contributed by atoms with Crippen LogP contribution in [0, 0.1) is 31.1 Å². The fourth-order valence-electron chi connectivity index (χ4n) is 1.56. The number of methoxy groups -OCH3 is 1. The Bertz CT molecular complexity index is 435. The highest BCUT2D eigenvalue weighted by Crippen LogP contribution is 2.33. The van der Waals surface area contributed by atoms with Gasteiger partial charge < -0.3 is 4.74 Å². The third-order valence-electron chi connectivity index (χ3n) is 2.68. The molecule has 0 aliphatic heterocycles. The van der Waals surface area contributed by atoms with Gasteiger partial charge >= 0.3 is 0 Å². The molecule has 3 heteroatoms. The van der Waals surface area contributed by atoms with Crippen molar-refractivity contribution in [2.75, 3.05) is 7.11 Å². The Morgan fingerprint density at radius 1 is 1.24 bits per heavy atom. The van der Waals surface area contributed by atoms with Crippen molar-refractivity contribution in [1.29, 1.82) is 5.26 Å².